The number of rotatable bonds is 6. The van der Waals surface area contributed by atoms with Gasteiger partial charge in [0.15, 0.2) is 23.1 Å². The summed E-state index contributed by atoms with van der Waals surface area (Å²) in [7, 11) is -3.16. The van der Waals surface area contributed by atoms with Gasteiger partial charge < -0.3 is 24.3 Å². The molecule has 168 valence electrons. The smallest absolute Gasteiger partial charge is 0.164 e. The molecule has 0 spiro atoms. The van der Waals surface area contributed by atoms with Gasteiger partial charge in [0.25, 0.3) is 0 Å². The quantitative estimate of drug-likeness (QED) is 0.550. The molecule has 0 aliphatic carbocycles. The van der Waals surface area contributed by atoms with Crippen LogP contribution in [0, 0.1) is 11.6 Å². The first kappa shape index (κ1) is 22.5. The summed E-state index contributed by atoms with van der Waals surface area (Å²) in [4.78, 5) is 0. The van der Waals surface area contributed by atoms with Crippen LogP contribution in [0.3, 0.4) is 0 Å². The molecule has 1 fully saturated rings. The summed E-state index contributed by atoms with van der Waals surface area (Å²) >= 11 is 0. The van der Waals surface area contributed by atoms with Gasteiger partial charge in [0.05, 0.1) is 12.7 Å². The Kier molecular flexibility index (Phi) is 6.60. The standard InChI is InChI=1S/C24H23F2O5P/c25-18-13-20(27)22(14-19(18)26)31-21-11-12-30-23(24(21)28)15-32(29,16-7-3-1-4-8-16)17-9-5-2-6-10-17/h1-10,13-14,21,23-24,27-28H,11-12,15H2/t21-,23-,24+/m0/s1. The molecule has 8 heteroatoms. The number of hydrogen-bond acceptors (Lipinski definition) is 5. The maximum atomic E-state index is 14.3. The molecule has 3 aromatic carbocycles. The second-order valence-corrected chi connectivity index (χ2v) is 10.5. The van der Waals surface area contributed by atoms with E-state index in [0.29, 0.717) is 16.7 Å². The van der Waals surface area contributed by atoms with Crippen molar-refractivity contribution in [2.75, 3.05) is 12.8 Å². The lowest BCUT2D eigenvalue weighted by Crippen LogP contribution is -2.49. The van der Waals surface area contributed by atoms with Gasteiger partial charge in [-0.1, -0.05) is 60.7 Å². The van der Waals surface area contributed by atoms with Crippen molar-refractivity contribution in [1.82, 2.24) is 0 Å². The molecule has 5 nitrogen and oxygen atoms in total. The predicted octanol–water partition coefficient (Wildman–Crippen LogP) is 3.58. The highest BCUT2D eigenvalue weighted by Gasteiger charge is 2.40. The van der Waals surface area contributed by atoms with E-state index in [1.807, 2.05) is 12.1 Å². The highest BCUT2D eigenvalue weighted by molar-refractivity contribution is 7.78. The highest BCUT2D eigenvalue weighted by Crippen LogP contribution is 2.45. The molecule has 1 aliphatic rings. The van der Waals surface area contributed by atoms with Crippen molar-refractivity contribution >= 4 is 17.8 Å². The molecule has 3 atom stereocenters. The maximum Gasteiger partial charge on any atom is 0.164 e. The number of phenols is 1. The molecule has 0 aromatic heterocycles. The lowest BCUT2D eigenvalue weighted by atomic mass is 10.0. The van der Waals surface area contributed by atoms with Crippen LogP contribution in [-0.4, -0.2) is 41.3 Å². The number of hydrogen-bond donors (Lipinski definition) is 2. The average Bonchev–Trinajstić information content (AvgIpc) is 2.81. The summed E-state index contributed by atoms with van der Waals surface area (Å²) in [5.41, 5.74) is 0. The molecule has 32 heavy (non-hydrogen) atoms. The fourth-order valence-corrected chi connectivity index (χ4v) is 6.72. The Bertz CT molecular complexity index is 1070. The normalized spacial score (nSPS) is 21.3. The van der Waals surface area contributed by atoms with Crippen LogP contribution in [0.2, 0.25) is 0 Å². The fraction of sp³-hybridized carbons (Fsp3) is 0.250. The third-order valence-electron chi connectivity index (χ3n) is 5.56. The van der Waals surface area contributed by atoms with Gasteiger partial charge in [0, 0.05) is 35.3 Å². The van der Waals surface area contributed by atoms with Gasteiger partial charge in [-0.15, -0.1) is 0 Å². The molecule has 0 saturated carbocycles. The van der Waals surface area contributed by atoms with E-state index in [2.05, 4.69) is 0 Å². The van der Waals surface area contributed by atoms with Gasteiger partial charge in [-0.2, -0.15) is 0 Å². The second-order valence-electron chi connectivity index (χ2n) is 7.67. The van der Waals surface area contributed by atoms with E-state index in [9.17, 15) is 23.6 Å². The number of halogens is 2. The van der Waals surface area contributed by atoms with Crippen molar-refractivity contribution in [3.05, 3.63) is 84.4 Å². The molecule has 0 unspecified atom stereocenters. The Morgan fingerprint density at radius 2 is 1.53 bits per heavy atom. The van der Waals surface area contributed by atoms with Crippen LogP contribution in [0.15, 0.2) is 72.8 Å². The Balaban J connectivity index is 1.60. The van der Waals surface area contributed by atoms with Gasteiger partial charge in [-0.05, 0) is 0 Å². The van der Waals surface area contributed by atoms with Crippen molar-refractivity contribution in [2.24, 2.45) is 0 Å². The summed E-state index contributed by atoms with van der Waals surface area (Å²) < 4.78 is 52.5. The SMILES string of the molecule is O=P(C[C@@H]1OCC[C@H](Oc2cc(F)c(F)cc2O)[C@H]1O)(c1ccccc1)c1ccccc1. The van der Waals surface area contributed by atoms with E-state index in [-0.39, 0.29) is 24.9 Å². The summed E-state index contributed by atoms with van der Waals surface area (Å²) in [5, 5.41) is 22.1. The largest absolute Gasteiger partial charge is 0.504 e. The van der Waals surface area contributed by atoms with Crippen molar-refractivity contribution in [1.29, 1.82) is 0 Å². The van der Waals surface area contributed by atoms with Gasteiger partial charge >= 0.3 is 0 Å². The molecule has 3 aromatic rings. The Labute approximate surface area is 184 Å². The van der Waals surface area contributed by atoms with E-state index in [0.717, 1.165) is 6.07 Å². The fourth-order valence-electron chi connectivity index (χ4n) is 3.86. The number of ether oxygens (including phenoxy) is 2. The summed E-state index contributed by atoms with van der Waals surface area (Å²) in [6, 6.07) is 19.4. The number of aromatic hydroxyl groups is 1. The van der Waals surface area contributed by atoms with Crippen LogP contribution in [0.5, 0.6) is 11.5 Å². The third kappa shape index (κ3) is 4.56. The minimum Gasteiger partial charge on any atom is -0.504 e. The van der Waals surface area contributed by atoms with Gasteiger partial charge in [-0.3, -0.25) is 0 Å². The molecule has 0 radical (unpaired) electrons. The zero-order valence-corrected chi connectivity index (χ0v) is 18.0. The summed E-state index contributed by atoms with van der Waals surface area (Å²) in [5.74, 6) is -3.22. The third-order valence-corrected chi connectivity index (χ3v) is 8.70. The van der Waals surface area contributed by atoms with E-state index in [4.69, 9.17) is 9.47 Å². The number of phenolic OH excluding ortho intramolecular Hbond substituents is 1. The monoisotopic (exact) mass is 460 g/mol. The van der Waals surface area contributed by atoms with Gasteiger partial charge in [0.1, 0.15) is 19.3 Å². The second kappa shape index (κ2) is 9.41. The number of benzene rings is 3. The topological polar surface area (TPSA) is 76.0 Å². The summed E-state index contributed by atoms with van der Waals surface area (Å²) in [6.07, 6.45) is -2.59. The maximum absolute atomic E-state index is 14.3. The minimum atomic E-state index is -3.16. The molecule has 1 aliphatic heterocycles. The lowest BCUT2D eigenvalue weighted by molar-refractivity contribution is -0.117. The minimum absolute atomic E-state index is 0.0335. The van der Waals surface area contributed by atoms with Crippen molar-refractivity contribution in [2.45, 2.75) is 24.7 Å². The van der Waals surface area contributed by atoms with E-state index >= 15 is 0 Å². The molecular weight excluding hydrogens is 437 g/mol. The lowest BCUT2D eigenvalue weighted by Gasteiger charge is -2.36. The first-order chi connectivity index (χ1) is 15.4. The van der Waals surface area contributed by atoms with Crippen LogP contribution in [0.25, 0.3) is 0 Å². The number of aliphatic hydroxyl groups is 1. The van der Waals surface area contributed by atoms with Crippen LogP contribution >= 0.6 is 7.14 Å². The molecule has 1 heterocycles. The zero-order chi connectivity index (χ0) is 22.7. The predicted molar refractivity (Wildman–Crippen MR) is 117 cm³/mol. The molecule has 1 saturated heterocycles. The van der Waals surface area contributed by atoms with Crippen LogP contribution < -0.4 is 15.3 Å². The Morgan fingerprint density at radius 1 is 0.969 bits per heavy atom. The van der Waals surface area contributed by atoms with E-state index in [1.54, 1.807) is 48.5 Å². The first-order valence-corrected chi connectivity index (χ1v) is 12.1. The van der Waals surface area contributed by atoms with Gasteiger partial charge in [-0.25, -0.2) is 8.78 Å². The molecular formula is C24H23F2O5P. The number of aliphatic hydroxyl groups excluding tert-OH is 1. The van der Waals surface area contributed by atoms with Crippen molar-refractivity contribution in [3.63, 3.8) is 0 Å². The Morgan fingerprint density at radius 3 is 2.12 bits per heavy atom. The van der Waals surface area contributed by atoms with Gasteiger partial charge in [0.2, 0.25) is 0 Å². The first-order valence-electron chi connectivity index (χ1n) is 10.2. The van der Waals surface area contributed by atoms with Crippen LogP contribution in [-0.2, 0) is 9.30 Å². The zero-order valence-electron chi connectivity index (χ0n) is 17.1. The molecule has 0 amide bonds. The highest BCUT2D eigenvalue weighted by atomic mass is 31.2. The molecule has 4 rings (SSSR count). The van der Waals surface area contributed by atoms with Crippen LogP contribution in [0.4, 0.5) is 8.78 Å². The van der Waals surface area contributed by atoms with E-state index < -0.39 is 42.8 Å². The average molecular weight is 460 g/mol. The Hall–Kier alpha value is -2.73. The molecule has 0 bridgehead atoms. The van der Waals surface area contributed by atoms with Crippen molar-refractivity contribution in [3.8, 4) is 11.5 Å². The molecule has 2 N–H and O–H groups in total. The van der Waals surface area contributed by atoms with Crippen molar-refractivity contribution < 1.29 is 33.0 Å². The van der Waals surface area contributed by atoms with Crippen LogP contribution in [0.1, 0.15) is 6.42 Å². The van der Waals surface area contributed by atoms with E-state index in [1.165, 1.54) is 0 Å². The summed E-state index contributed by atoms with van der Waals surface area (Å²) in [6.45, 7) is 0.209.